The van der Waals surface area contributed by atoms with Crippen molar-refractivity contribution in [2.75, 3.05) is 0 Å². The van der Waals surface area contributed by atoms with E-state index in [1.807, 2.05) is 26.4 Å². The van der Waals surface area contributed by atoms with Gasteiger partial charge in [0.2, 0.25) is 0 Å². The molecule has 2 aromatic rings. The predicted molar refractivity (Wildman–Crippen MR) is 76.0 cm³/mol. The number of nitrogens with two attached hydrogens (primary N) is 1. The van der Waals surface area contributed by atoms with Crippen LogP contribution in [-0.4, -0.2) is 25.6 Å². The van der Waals surface area contributed by atoms with Gasteiger partial charge in [0.15, 0.2) is 0 Å². The van der Waals surface area contributed by atoms with Crippen LogP contribution in [0.15, 0.2) is 18.5 Å². The van der Waals surface area contributed by atoms with Crippen molar-refractivity contribution in [3.05, 3.63) is 35.4 Å². The second-order valence-corrected chi connectivity index (χ2v) is 5.03. The van der Waals surface area contributed by atoms with E-state index < -0.39 is 0 Å². The smallest absolute Gasteiger partial charge is 0.0950 e. The van der Waals surface area contributed by atoms with Gasteiger partial charge in [-0.3, -0.25) is 9.36 Å². The van der Waals surface area contributed by atoms with E-state index in [-0.39, 0.29) is 12.1 Å². The predicted octanol–water partition coefficient (Wildman–Crippen LogP) is 1.68. The van der Waals surface area contributed by atoms with E-state index in [0.717, 1.165) is 24.1 Å². The number of aromatic nitrogens is 4. The van der Waals surface area contributed by atoms with Crippen molar-refractivity contribution >= 4 is 0 Å². The van der Waals surface area contributed by atoms with Crippen molar-refractivity contribution in [1.82, 2.24) is 19.6 Å². The van der Waals surface area contributed by atoms with Crippen molar-refractivity contribution in [3.8, 4) is 0 Å². The summed E-state index contributed by atoms with van der Waals surface area (Å²) in [6, 6.07) is 2.20. The SMILES string of the molecule is CCc1cc(CC)n(C(c2cnn(C)c2)C(C)N)n1. The number of rotatable bonds is 5. The molecule has 0 amide bonds. The summed E-state index contributed by atoms with van der Waals surface area (Å²) in [4.78, 5) is 0. The van der Waals surface area contributed by atoms with Crippen molar-refractivity contribution in [3.63, 3.8) is 0 Å². The van der Waals surface area contributed by atoms with Crippen molar-refractivity contribution in [1.29, 1.82) is 0 Å². The summed E-state index contributed by atoms with van der Waals surface area (Å²) in [5.74, 6) is 0. The van der Waals surface area contributed by atoms with Crippen LogP contribution in [0.3, 0.4) is 0 Å². The molecule has 19 heavy (non-hydrogen) atoms. The van der Waals surface area contributed by atoms with Gasteiger partial charge in [-0.2, -0.15) is 10.2 Å². The summed E-state index contributed by atoms with van der Waals surface area (Å²) in [7, 11) is 1.92. The molecule has 2 atom stereocenters. The third-order valence-electron chi connectivity index (χ3n) is 3.42. The molecule has 2 unspecified atom stereocenters. The highest BCUT2D eigenvalue weighted by atomic mass is 15.3. The average Bonchev–Trinajstić information content (AvgIpc) is 2.96. The molecule has 5 heteroatoms. The van der Waals surface area contributed by atoms with Crippen molar-refractivity contribution in [2.24, 2.45) is 12.8 Å². The van der Waals surface area contributed by atoms with Crippen LogP contribution in [0.25, 0.3) is 0 Å². The van der Waals surface area contributed by atoms with Crippen LogP contribution in [-0.2, 0) is 19.9 Å². The zero-order chi connectivity index (χ0) is 14.0. The molecular weight excluding hydrogens is 238 g/mol. The summed E-state index contributed by atoms with van der Waals surface area (Å²) in [5, 5.41) is 8.95. The van der Waals surface area contributed by atoms with Gasteiger partial charge in [0.1, 0.15) is 0 Å². The van der Waals surface area contributed by atoms with E-state index in [4.69, 9.17) is 10.8 Å². The maximum atomic E-state index is 6.19. The zero-order valence-electron chi connectivity index (χ0n) is 12.2. The highest BCUT2D eigenvalue weighted by molar-refractivity contribution is 5.19. The zero-order valence-corrected chi connectivity index (χ0v) is 12.2. The molecule has 0 radical (unpaired) electrons. The van der Waals surface area contributed by atoms with E-state index in [9.17, 15) is 0 Å². The van der Waals surface area contributed by atoms with Crippen LogP contribution in [0.4, 0.5) is 0 Å². The molecule has 2 N–H and O–H groups in total. The Morgan fingerprint density at radius 1 is 1.32 bits per heavy atom. The molecule has 0 spiro atoms. The number of nitrogens with zero attached hydrogens (tertiary/aromatic N) is 4. The molecule has 0 saturated carbocycles. The fraction of sp³-hybridized carbons (Fsp3) is 0.571. The van der Waals surface area contributed by atoms with Gasteiger partial charge in [0.25, 0.3) is 0 Å². The summed E-state index contributed by atoms with van der Waals surface area (Å²) in [5.41, 5.74) is 9.64. The Morgan fingerprint density at radius 3 is 2.53 bits per heavy atom. The van der Waals surface area contributed by atoms with E-state index in [2.05, 4.69) is 29.7 Å². The lowest BCUT2D eigenvalue weighted by atomic mass is 10.0. The molecule has 0 fully saturated rings. The second-order valence-electron chi connectivity index (χ2n) is 5.03. The maximum absolute atomic E-state index is 6.19. The molecule has 0 saturated heterocycles. The average molecular weight is 261 g/mol. The van der Waals surface area contributed by atoms with Gasteiger partial charge >= 0.3 is 0 Å². The molecule has 0 bridgehead atoms. The molecule has 104 valence electrons. The maximum Gasteiger partial charge on any atom is 0.0950 e. The fourth-order valence-corrected chi connectivity index (χ4v) is 2.43. The van der Waals surface area contributed by atoms with Crippen LogP contribution in [0.5, 0.6) is 0 Å². The molecule has 0 aliphatic heterocycles. The first kappa shape index (κ1) is 13.8. The quantitative estimate of drug-likeness (QED) is 0.890. The van der Waals surface area contributed by atoms with E-state index in [0.29, 0.717) is 0 Å². The van der Waals surface area contributed by atoms with E-state index in [1.54, 1.807) is 4.68 Å². The summed E-state index contributed by atoms with van der Waals surface area (Å²) in [6.07, 6.45) is 5.79. The van der Waals surface area contributed by atoms with Gasteiger partial charge in [-0.05, 0) is 25.8 Å². The lowest BCUT2D eigenvalue weighted by Crippen LogP contribution is -2.31. The van der Waals surface area contributed by atoms with Gasteiger partial charge in [-0.15, -0.1) is 0 Å². The summed E-state index contributed by atoms with van der Waals surface area (Å²) < 4.78 is 3.88. The minimum Gasteiger partial charge on any atom is -0.326 e. The highest BCUT2D eigenvalue weighted by Gasteiger charge is 2.23. The molecule has 2 rings (SSSR count). The molecule has 0 aromatic carbocycles. The van der Waals surface area contributed by atoms with Crippen LogP contribution in [0.1, 0.15) is 43.8 Å². The molecule has 0 aliphatic rings. The first-order valence-electron chi connectivity index (χ1n) is 6.88. The number of hydrogen-bond acceptors (Lipinski definition) is 3. The normalized spacial score (nSPS) is 14.6. The Labute approximate surface area is 114 Å². The monoisotopic (exact) mass is 261 g/mol. The molecule has 2 aromatic heterocycles. The van der Waals surface area contributed by atoms with Crippen LogP contribution >= 0.6 is 0 Å². The van der Waals surface area contributed by atoms with E-state index in [1.165, 1.54) is 5.69 Å². The van der Waals surface area contributed by atoms with Gasteiger partial charge < -0.3 is 5.73 Å². The molecule has 0 aliphatic carbocycles. The Kier molecular flexibility index (Phi) is 4.04. The largest absolute Gasteiger partial charge is 0.326 e. The van der Waals surface area contributed by atoms with Crippen molar-refractivity contribution in [2.45, 2.75) is 45.7 Å². The van der Waals surface area contributed by atoms with Crippen LogP contribution in [0, 0.1) is 0 Å². The first-order chi connectivity index (χ1) is 9.06. The minimum atomic E-state index is -0.0147. The summed E-state index contributed by atoms with van der Waals surface area (Å²) >= 11 is 0. The molecule has 2 heterocycles. The standard InChI is InChI=1S/C14H23N5/c1-5-12-7-13(6-2)19(17-12)14(10(3)15)11-8-16-18(4)9-11/h7-10,14H,5-6,15H2,1-4H3. The lowest BCUT2D eigenvalue weighted by molar-refractivity contribution is 0.438. The molecular formula is C14H23N5. The topological polar surface area (TPSA) is 61.7 Å². The Morgan fingerprint density at radius 2 is 2.05 bits per heavy atom. The fourth-order valence-electron chi connectivity index (χ4n) is 2.43. The lowest BCUT2D eigenvalue weighted by Gasteiger charge is -2.22. The minimum absolute atomic E-state index is 0.0147. The Bertz CT molecular complexity index is 538. The van der Waals surface area contributed by atoms with Gasteiger partial charge in [0.05, 0.1) is 17.9 Å². The molecule has 5 nitrogen and oxygen atoms in total. The Balaban J connectivity index is 2.47. The van der Waals surface area contributed by atoms with Crippen molar-refractivity contribution < 1.29 is 0 Å². The first-order valence-corrected chi connectivity index (χ1v) is 6.88. The van der Waals surface area contributed by atoms with Crippen LogP contribution < -0.4 is 5.73 Å². The third kappa shape index (κ3) is 2.71. The Hall–Kier alpha value is -1.62. The second kappa shape index (κ2) is 5.57. The van der Waals surface area contributed by atoms with Crippen LogP contribution in [0.2, 0.25) is 0 Å². The van der Waals surface area contributed by atoms with Gasteiger partial charge in [0, 0.05) is 30.5 Å². The highest BCUT2D eigenvalue weighted by Crippen LogP contribution is 2.23. The summed E-state index contributed by atoms with van der Waals surface area (Å²) in [6.45, 7) is 6.29. The van der Waals surface area contributed by atoms with Gasteiger partial charge in [-0.25, -0.2) is 0 Å². The third-order valence-corrected chi connectivity index (χ3v) is 3.42. The van der Waals surface area contributed by atoms with E-state index >= 15 is 0 Å². The van der Waals surface area contributed by atoms with Gasteiger partial charge in [-0.1, -0.05) is 13.8 Å². The number of hydrogen-bond donors (Lipinski definition) is 1. The number of aryl methyl sites for hydroxylation is 3.